The zero-order valence-electron chi connectivity index (χ0n) is 18.8. The molecule has 1 aliphatic heterocycles. The molecule has 178 valence electrons. The van der Waals surface area contributed by atoms with Gasteiger partial charge in [-0.3, -0.25) is 9.59 Å². The Morgan fingerprint density at radius 1 is 1.11 bits per heavy atom. The number of hydrogen-bond acceptors (Lipinski definition) is 8. The summed E-state index contributed by atoms with van der Waals surface area (Å²) in [5.41, 5.74) is 1.93. The van der Waals surface area contributed by atoms with E-state index >= 15 is 0 Å². The summed E-state index contributed by atoms with van der Waals surface area (Å²) in [6, 6.07) is 19.4. The van der Waals surface area contributed by atoms with Gasteiger partial charge in [0.25, 0.3) is 0 Å². The molecule has 4 rings (SSSR count). The smallest absolute Gasteiger partial charge is 0.338 e. The minimum absolute atomic E-state index is 0.0185. The molecular weight excluding hydrogens is 468 g/mol. The first-order valence-corrected chi connectivity index (χ1v) is 11.7. The summed E-state index contributed by atoms with van der Waals surface area (Å²) in [6.45, 7) is 2.07. The Morgan fingerprint density at radius 3 is 2.63 bits per heavy atom. The molecule has 1 aliphatic rings. The number of thioether (sulfide) groups is 1. The fraction of sp³-hybridized carbons (Fsp3) is 0.160. The summed E-state index contributed by atoms with van der Waals surface area (Å²) in [4.78, 5) is 36.2. The highest BCUT2D eigenvalue weighted by atomic mass is 32.2. The van der Waals surface area contributed by atoms with Gasteiger partial charge in [0.1, 0.15) is 16.8 Å². The number of furan rings is 1. The lowest BCUT2D eigenvalue weighted by Gasteiger charge is -2.06. The number of esters is 1. The highest BCUT2D eigenvalue weighted by Gasteiger charge is 2.32. The van der Waals surface area contributed by atoms with Gasteiger partial charge in [-0.2, -0.15) is 5.10 Å². The number of benzene rings is 2. The Bertz CT molecular complexity index is 1270. The average molecular weight is 491 g/mol. The van der Waals surface area contributed by atoms with Crippen LogP contribution in [0.5, 0.6) is 0 Å². The molecule has 0 radical (unpaired) electrons. The lowest BCUT2D eigenvalue weighted by atomic mass is 10.1. The third-order valence-electron chi connectivity index (χ3n) is 4.85. The van der Waals surface area contributed by atoms with Crippen molar-refractivity contribution in [1.29, 1.82) is 0 Å². The van der Waals surface area contributed by atoms with E-state index in [9.17, 15) is 14.4 Å². The molecule has 1 unspecified atom stereocenters. The van der Waals surface area contributed by atoms with Crippen molar-refractivity contribution in [1.82, 2.24) is 5.32 Å². The maximum absolute atomic E-state index is 12.2. The van der Waals surface area contributed by atoms with Crippen molar-refractivity contribution in [2.75, 3.05) is 11.9 Å². The normalized spacial score (nSPS) is 16.4. The summed E-state index contributed by atoms with van der Waals surface area (Å²) in [5.74, 6) is 0.140. The first-order chi connectivity index (χ1) is 17.0. The van der Waals surface area contributed by atoms with Crippen LogP contribution in [0.4, 0.5) is 5.69 Å². The Kier molecular flexibility index (Phi) is 7.74. The molecule has 0 bridgehead atoms. The third kappa shape index (κ3) is 6.45. The number of nitrogens with zero attached hydrogens (tertiary/aromatic N) is 2. The van der Waals surface area contributed by atoms with Crippen molar-refractivity contribution >= 4 is 46.6 Å². The van der Waals surface area contributed by atoms with E-state index in [-0.39, 0.29) is 24.2 Å². The molecule has 0 spiro atoms. The van der Waals surface area contributed by atoms with E-state index in [2.05, 4.69) is 20.8 Å². The molecule has 1 aromatic heterocycles. The number of ether oxygens (including phenoxy) is 1. The first-order valence-electron chi connectivity index (χ1n) is 10.8. The second kappa shape index (κ2) is 11.3. The number of rotatable bonds is 8. The molecule has 0 aliphatic carbocycles. The summed E-state index contributed by atoms with van der Waals surface area (Å²) in [5, 5.41) is 13.1. The largest absolute Gasteiger partial charge is 0.462 e. The third-order valence-corrected chi connectivity index (χ3v) is 5.92. The molecule has 2 heterocycles. The fourth-order valence-corrected chi connectivity index (χ4v) is 4.11. The van der Waals surface area contributed by atoms with E-state index in [1.54, 1.807) is 55.5 Å². The minimum Gasteiger partial charge on any atom is -0.462 e. The summed E-state index contributed by atoms with van der Waals surface area (Å²) in [6.07, 6.45) is 1.44. The topological polar surface area (TPSA) is 122 Å². The van der Waals surface area contributed by atoms with Gasteiger partial charge in [-0.1, -0.05) is 42.1 Å². The lowest BCUT2D eigenvalue weighted by molar-refractivity contribution is -0.122. The van der Waals surface area contributed by atoms with Gasteiger partial charge in [0, 0.05) is 17.7 Å². The molecule has 2 amide bonds. The van der Waals surface area contributed by atoms with Crippen molar-refractivity contribution in [3.63, 3.8) is 0 Å². The van der Waals surface area contributed by atoms with Crippen molar-refractivity contribution in [2.45, 2.75) is 18.6 Å². The van der Waals surface area contributed by atoms with Gasteiger partial charge < -0.3 is 19.8 Å². The van der Waals surface area contributed by atoms with Gasteiger partial charge in [0.2, 0.25) is 11.8 Å². The number of carbonyl (C=O) groups excluding carboxylic acids is 3. The summed E-state index contributed by atoms with van der Waals surface area (Å²) in [7, 11) is 0. The van der Waals surface area contributed by atoms with Gasteiger partial charge in [0.05, 0.1) is 18.4 Å². The molecule has 3 aromatic rings. The number of carbonyl (C=O) groups is 3. The number of hydrogen-bond donors (Lipinski definition) is 2. The molecule has 10 heteroatoms. The molecular formula is C25H22N4O5S. The average Bonchev–Trinajstić information content (AvgIpc) is 3.46. The Labute approximate surface area is 205 Å². The van der Waals surface area contributed by atoms with E-state index in [4.69, 9.17) is 9.15 Å². The van der Waals surface area contributed by atoms with Crippen LogP contribution in [0.2, 0.25) is 0 Å². The van der Waals surface area contributed by atoms with E-state index in [0.717, 1.165) is 17.3 Å². The van der Waals surface area contributed by atoms with Gasteiger partial charge in [0.15, 0.2) is 5.17 Å². The first kappa shape index (κ1) is 24.0. The van der Waals surface area contributed by atoms with E-state index < -0.39 is 5.25 Å². The van der Waals surface area contributed by atoms with E-state index in [0.29, 0.717) is 34.5 Å². The van der Waals surface area contributed by atoms with Gasteiger partial charge >= 0.3 is 5.97 Å². The second-order valence-corrected chi connectivity index (χ2v) is 8.56. The van der Waals surface area contributed by atoms with Crippen molar-refractivity contribution in [2.24, 2.45) is 10.2 Å². The van der Waals surface area contributed by atoms with Crippen LogP contribution in [0.15, 0.2) is 81.4 Å². The van der Waals surface area contributed by atoms with Crippen LogP contribution in [0.3, 0.4) is 0 Å². The van der Waals surface area contributed by atoms with Crippen LogP contribution >= 0.6 is 11.8 Å². The molecule has 2 aromatic carbocycles. The van der Waals surface area contributed by atoms with Crippen LogP contribution in [0.1, 0.15) is 29.5 Å². The standard InChI is InChI=1S/C25H22N4O5S/c1-2-33-24(32)17-10-8-16(9-11-17)20-13-12-19(34-20)15-26-29-25-28-23(31)21(35-25)14-22(30)27-18-6-4-3-5-7-18/h3-13,15,21H,2,14H2,1H3,(H,27,30)(H,28,29,31)/b26-15+. The van der Waals surface area contributed by atoms with Crippen LogP contribution in [0.25, 0.3) is 11.3 Å². The van der Waals surface area contributed by atoms with Crippen molar-refractivity contribution in [3.05, 3.63) is 78.1 Å². The molecule has 0 saturated carbocycles. The number of nitrogens with one attached hydrogen (secondary N) is 2. The Balaban J connectivity index is 1.31. The molecule has 1 fully saturated rings. The Hall–Kier alpha value is -4.18. The molecule has 1 atom stereocenters. The minimum atomic E-state index is -0.583. The van der Waals surface area contributed by atoms with Gasteiger partial charge in [-0.25, -0.2) is 4.79 Å². The zero-order valence-corrected chi connectivity index (χ0v) is 19.6. The maximum Gasteiger partial charge on any atom is 0.338 e. The quantitative estimate of drug-likeness (QED) is 0.279. The zero-order chi connectivity index (χ0) is 24.6. The molecule has 1 saturated heterocycles. The molecule has 35 heavy (non-hydrogen) atoms. The maximum atomic E-state index is 12.2. The number of amidine groups is 1. The van der Waals surface area contributed by atoms with Crippen LogP contribution in [-0.2, 0) is 14.3 Å². The number of amides is 2. The van der Waals surface area contributed by atoms with Crippen LogP contribution in [0, 0.1) is 0 Å². The highest BCUT2D eigenvalue weighted by molar-refractivity contribution is 8.15. The van der Waals surface area contributed by atoms with Crippen molar-refractivity contribution < 1.29 is 23.5 Å². The number of para-hydroxylation sites is 1. The van der Waals surface area contributed by atoms with Crippen molar-refractivity contribution in [3.8, 4) is 11.3 Å². The molecule has 2 N–H and O–H groups in total. The monoisotopic (exact) mass is 490 g/mol. The van der Waals surface area contributed by atoms with Crippen LogP contribution in [-0.4, -0.2) is 41.0 Å². The van der Waals surface area contributed by atoms with Crippen LogP contribution < -0.4 is 10.6 Å². The van der Waals surface area contributed by atoms with Gasteiger partial charge in [-0.15, -0.1) is 5.10 Å². The predicted octanol–water partition coefficient (Wildman–Crippen LogP) is 4.07. The Morgan fingerprint density at radius 2 is 1.89 bits per heavy atom. The fourth-order valence-electron chi connectivity index (χ4n) is 3.19. The molecule has 9 nitrogen and oxygen atoms in total. The highest BCUT2D eigenvalue weighted by Crippen LogP contribution is 2.24. The number of anilines is 1. The second-order valence-electron chi connectivity index (χ2n) is 7.36. The van der Waals surface area contributed by atoms with E-state index in [1.165, 1.54) is 6.21 Å². The predicted molar refractivity (Wildman–Crippen MR) is 134 cm³/mol. The summed E-state index contributed by atoms with van der Waals surface area (Å²) >= 11 is 1.15. The summed E-state index contributed by atoms with van der Waals surface area (Å²) < 4.78 is 10.7. The SMILES string of the molecule is CCOC(=O)c1ccc(-c2ccc(/C=N/N=C3/NC(=O)C(CC(=O)Nc4ccccc4)S3)o2)cc1. The van der Waals surface area contributed by atoms with E-state index in [1.807, 2.05) is 18.2 Å². The lowest BCUT2D eigenvalue weighted by Crippen LogP contribution is -2.28. The van der Waals surface area contributed by atoms with Gasteiger partial charge in [-0.05, 0) is 43.3 Å².